The maximum atomic E-state index is 13.2. The van der Waals surface area contributed by atoms with Crippen LogP contribution in [0, 0.1) is 0 Å². The summed E-state index contributed by atoms with van der Waals surface area (Å²) in [5.74, 6) is -0.769. The highest BCUT2D eigenvalue weighted by Crippen LogP contribution is 2.34. The molecule has 1 atom stereocenters. The molecule has 186 valence electrons. The molecule has 5 rings (SSSR count). The Kier molecular flexibility index (Phi) is 6.64. The molecule has 2 aliphatic heterocycles. The number of carbonyl (C=O) groups excluding carboxylic acids is 2. The highest BCUT2D eigenvalue weighted by molar-refractivity contribution is 6.22. The van der Waals surface area contributed by atoms with Gasteiger partial charge >= 0.3 is 6.18 Å². The number of benzene rings is 3. The number of piperazine rings is 1. The number of halogens is 3. The summed E-state index contributed by atoms with van der Waals surface area (Å²) in [5.41, 5.74) is 1.74. The number of imide groups is 1. The molecule has 0 unspecified atom stereocenters. The number of hydrogen-bond donors (Lipinski definition) is 0. The molecule has 2 saturated heterocycles. The molecule has 3 aromatic rings. The van der Waals surface area contributed by atoms with Gasteiger partial charge in [-0.1, -0.05) is 60.7 Å². The summed E-state index contributed by atoms with van der Waals surface area (Å²) in [7, 11) is 0. The van der Waals surface area contributed by atoms with Crippen LogP contribution in [0.5, 0.6) is 0 Å². The summed E-state index contributed by atoms with van der Waals surface area (Å²) in [6.45, 7) is 2.65. The van der Waals surface area contributed by atoms with Gasteiger partial charge in [-0.25, -0.2) is 4.90 Å². The first-order valence-corrected chi connectivity index (χ1v) is 11.9. The van der Waals surface area contributed by atoms with Crippen LogP contribution >= 0.6 is 0 Å². The Morgan fingerprint density at radius 3 is 1.75 bits per heavy atom. The third kappa shape index (κ3) is 4.79. The van der Waals surface area contributed by atoms with Crippen molar-refractivity contribution >= 4 is 17.5 Å². The quantitative estimate of drug-likeness (QED) is 0.482. The van der Waals surface area contributed by atoms with Crippen molar-refractivity contribution in [1.82, 2.24) is 9.80 Å². The molecule has 8 heteroatoms. The second-order valence-electron chi connectivity index (χ2n) is 9.13. The van der Waals surface area contributed by atoms with E-state index in [0.717, 1.165) is 17.0 Å². The first kappa shape index (κ1) is 24.2. The van der Waals surface area contributed by atoms with E-state index in [1.165, 1.54) is 23.3 Å². The minimum atomic E-state index is -4.48. The number of amides is 2. The number of hydrogen-bond acceptors (Lipinski definition) is 4. The third-order valence-corrected chi connectivity index (χ3v) is 6.96. The SMILES string of the molecule is O=C1C[C@@H](N2CCN(C(c3ccccc3)c3ccccc3)CC2)C(=O)N1c1ccc(C(F)(F)F)cc1. The number of carbonyl (C=O) groups is 2. The van der Waals surface area contributed by atoms with E-state index in [4.69, 9.17) is 0 Å². The van der Waals surface area contributed by atoms with Crippen molar-refractivity contribution in [2.45, 2.75) is 24.7 Å². The van der Waals surface area contributed by atoms with Gasteiger partial charge in [-0.3, -0.25) is 19.4 Å². The Morgan fingerprint density at radius 2 is 1.25 bits per heavy atom. The predicted octanol–water partition coefficient (Wildman–Crippen LogP) is 4.74. The van der Waals surface area contributed by atoms with Crippen molar-refractivity contribution in [3.05, 3.63) is 102 Å². The fraction of sp³-hybridized carbons (Fsp3) is 0.286. The minimum Gasteiger partial charge on any atom is -0.290 e. The van der Waals surface area contributed by atoms with E-state index in [-0.39, 0.29) is 24.1 Å². The van der Waals surface area contributed by atoms with Gasteiger partial charge in [-0.05, 0) is 35.4 Å². The van der Waals surface area contributed by atoms with Gasteiger partial charge in [-0.15, -0.1) is 0 Å². The minimum absolute atomic E-state index is 0.0284. The lowest BCUT2D eigenvalue weighted by Crippen LogP contribution is -2.53. The van der Waals surface area contributed by atoms with Crippen LogP contribution in [0.1, 0.15) is 29.2 Å². The Balaban J connectivity index is 1.29. The molecule has 0 saturated carbocycles. The van der Waals surface area contributed by atoms with Crippen LogP contribution in [0.25, 0.3) is 0 Å². The van der Waals surface area contributed by atoms with Crippen molar-refractivity contribution < 1.29 is 22.8 Å². The fourth-order valence-corrected chi connectivity index (χ4v) is 5.16. The van der Waals surface area contributed by atoms with Crippen LogP contribution < -0.4 is 4.90 Å². The van der Waals surface area contributed by atoms with Crippen molar-refractivity contribution in [1.29, 1.82) is 0 Å². The second kappa shape index (κ2) is 9.87. The summed E-state index contributed by atoms with van der Waals surface area (Å²) < 4.78 is 38.7. The number of anilines is 1. The lowest BCUT2D eigenvalue weighted by atomic mass is 9.96. The molecule has 0 aliphatic carbocycles. The summed E-state index contributed by atoms with van der Waals surface area (Å²) in [4.78, 5) is 31.3. The zero-order chi connectivity index (χ0) is 25.3. The molecular weight excluding hydrogens is 467 g/mol. The monoisotopic (exact) mass is 493 g/mol. The van der Waals surface area contributed by atoms with Gasteiger partial charge in [0.2, 0.25) is 5.91 Å². The highest BCUT2D eigenvalue weighted by atomic mass is 19.4. The maximum Gasteiger partial charge on any atom is 0.416 e. The molecule has 2 amide bonds. The molecule has 5 nitrogen and oxygen atoms in total. The van der Waals surface area contributed by atoms with Gasteiger partial charge in [0.15, 0.2) is 0 Å². The Bertz CT molecular complexity index is 1170. The van der Waals surface area contributed by atoms with E-state index in [1.54, 1.807) is 0 Å². The Hall–Kier alpha value is -3.49. The summed E-state index contributed by atoms with van der Waals surface area (Å²) in [5, 5.41) is 0. The molecule has 2 heterocycles. The first-order valence-electron chi connectivity index (χ1n) is 11.9. The van der Waals surface area contributed by atoms with Gasteiger partial charge in [0.05, 0.1) is 29.8 Å². The summed E-state index contributed by atoms with van der Waals surface area (Å²) in [6, 6.07) is 24.2. The maximum absolute atomic E-state index is 13.2. The van der Waals surface area contributed by atoms with E-state index in [9.17, 15) is 22.8 Å². The smallest absolute Gasteiger partial charge is 0.290 e. The molecule has 0 spiro atoms. The third-order valence-electron chi connectivity index (χ3n) is 6.96. The normalized spacial score (nSPS) is 19.9. The van der Waals surface area contributed by atoms with Crippen molar-refractivity contribution in [2.75, 3.05) is 31.1 Å². The number of nitrogens with zero attached hydrogens (tertiary/aromatic N) is 3. The van der Waals surface area contributed by atoms with Gasteiger partial charge in [0.1, 0.15) is 0 Å². The second-order valence-corrected chi connectivity index (χ2v) is 9.13. The summed E-state index contributed by atoms with van der Waals surface area (Å²) >= 11 is 0. The largest absolute Gasteiger partial charge is 0.416 e. The average Bonchev–Trinajstić information content (AvgIpc) is 3.19. The Labute approximate surface area is 207 Å². The topological polar surface area (TPSA) is 43.9 Å². The van der Waals surface area contributed by atoms with Crippen LogP contribution in [0.2, 0.25) is 0 Å². The van der Waals surface area contributed by atoms with Crippen LogP contribution in [-0.2, 0) is 15.8 Å². The zero-order valence-electron chi connectivity index (χ0n) is 19.6. The lowest BCUT2D eigenvalue weighted by molar-refractivity contribution is -0.137. The molecule has 2 aliphatic rings. The van der Waals surface area contributed by atoms with Crippen LogP contribution in [0.15, 0.2) is 84.9 Å². The van der Waals surface area contributed by atoms with Gasteiger partial charge in [0, 0.05) is 26.2 Å². The number of alkyl halides is 3. The van der Waals surface area contributed by atoms with Crippen LogP contribution in [0.4, 0.5) is 18.9 Å². The zero-order valence-corrected chi connectivity index (χ0v) is 19.6. The molecule has 0 bridgehead atoms. The molecule has 0 aromatic heterocycles. The molecular formula is C28H26F3N3O2. The van der Waals surface area contributed by atoms with Crippen LogP contribution in [0.3, 0.4) is 0 Å². The van der Waals surface area contributed by atoms with E-state index in [1.807, 2.05) is 41.3 Å². The van der Waals surface area contributed by atoms with Gasteiger partial charge in [0.25, 0.3) is 5.91 Å². The van der Waals surface area contributed by atoms with Crippen molar-refractivity contribution in [3.63, 3.8) is 0 Å². The molecule has 3 aromatic carbocycles. The van der Waals surface area contributed by atoms with Gasteiger partial charge < -0.3 is 0 Å². The van der Waals surface area contributed by atoms with E-state index in [0.29, 0.717) is 26.2 Å². The van der Waals surface area contributed by atoms with Crippen LogP contribution in [-0.4, -0.2) is 53.8 Å². The first-order chi connectivity index (χ1) is 17.3. The van der Waals surface area contributed by atoms with Crippen molar-refractivity contribution in [2.24, 2.45) is 0 Å². The lowest BCUT2D eigenvalue weighted by Gasteiger charge is -2.41. The Morgan fingerprint density at radius 1 is 0.722 bits per heavy atom. The van der Waals surface area contributed by atoms with Crippen molar-refractivity contribution in [3.8, 4) is 0 Å². The standard InChI is InChI=1S/C28H26F3N3O2/c29-28(30,31)22-11-13-23(14-12-22)34-25(35)19-24(27(34)36)32-15-17-33(18-16-32)26(20-7-3-1-4-8-20)21-9-5-2-6-10-21/h1-14,24,26H,15-19H2/t24-/m1/s1. The molecule has 2 fully saturated rings. The van der Waals surface area contributed by atoms with Gasteiger partial charge in [-0.2, -0.15) is 13.2 Å². The van der Waals surface area contributed by atoms with E-state index < -0.39 is 23.7 Å². The van der Waals surface area contributed by atoms with E-state index in [2.05, 4.69) is 29.2 Å². The summed E-state index contributed by atoms with van der Waals surface area (Å²) in [6.07, 6.45) is -4.45. The molecule has 0 N–H and O–H groups in total. The molecule has 36 heavy (non-hydrogen) atoms. The van der Waals surface area contributed by atoms with E-state index >= 15 is 0 Å². The fourth-order valence-electron chi connectivity index (χ4n) is 5.16. The average molecular weight is 494 g/mol. The predicted molar refractivity (Wildman–Crippen MR) is 130 cm³/mol. The number of rotatable bonds is 5. The highest BCUT2D eigenvalue weighted by Gasteiger charge is 2.44. The molecule has 0 radical (unpaired) electrons.